The molecule has 0 heterocycles. The first-order valence-corrected chi connectivity index (χ1v) is 7.68. The molecule has 0 aliphatic heterocycles. The van der Waals surface area contributed by atoms with Crippen molar-refractivity contribution in [1.29, 1.82) is 0 Å². The summed E-state index contributed by atoms with van der Waals surface area (Å²) in [6.45, 7) is 4.45. The minimum absolute atomic E-state index is 0. The van der Waals surface area contributed by atoms with E-state index in [2.05, 4.69) is 10.6 Å². The molecule has 2 aromatic carbocycles. The fraction of sp³-hybridized carbons (Fsp3) is 0.263. The van der Waals surface area contributed by atoms with Gasteiger partial charge in [-0.25, -0.2) is 0 Å². The Hall–Kier alpha value is -2.17. The van der Waals surface area contributed by atoms with Gasteiger partial charge in [-0.05, 0) is 27.0 Å². The lowest BCUT2D eigenvalue weighted by molar-refractivity contribution is 0.0939. The highest BCUT2D eigenvalue weighted by atomic mass is 35.5. The number of ketones is 1. The molecule has 0 spiro atoms. The van der Waals surface area contributed by atoms with E-state index in [0.29, 0.717) is 23.2 Å². The van der Waals surface area contributed by atoms with Gasteiger partial charge in [-0.2, -0.15) is 0 Å². The van der Waals surface area contributed by atoms with Crippen molar-refractivity contribution in [1.82, 2.24) is 10.6 Å². The summed E-state index contributed by atoms with van der Waals surface area (Å²) in [7, 11) is 1.84. The number of hydrogen-bond donors (Lipinski definition) is 2. The van der Waals surface area contributed by atoms with Gasteiger partial charge in [-0.1, -0.05) is 48.0 Å². The first kappa shape index (κ1) is 19.9. The Balaban J connectivity index is 0.00000288. The lowest BCUT2D eigenvalue weighted by Gasteiger charge is -2.13. The molecule has 1 unspecified atom stereocenters. The predicted molar refractivity (Wildman–Crippen MR) is 99.2 cm³/mol. The maximum Gasteiger partial charge on any atom is 0.252 e. The second-order valence-corrected chi connectivity index (χ2v) is 5.64. The van der Waals surface area contributed by atoms with Crippen LogP contribution in [0.25, 0.3) is 0 Å². The van der Waals surface area contributed by atoms with Crippen molar-refractivity contribution in [2.24, 2.45) is 0 Å². The summed E-state index contributed by atoms with van der Waals surface area (Å²) in [6, 6.07) is 14.4. The van der Waals surface area contributed by atoms with Gasteiger partial charge in [0.15, 0.2) is 5.78 Å². The number of likely N-dealkylation sites (N-methyl/N-ethyl adjacent to an activating group) is 1. The molecule has 2 N–H and O–H groups in total. The van der Waals surface area contributed by atoms with E-state index in [-0.39, 0.29) is 30.1 Å². The van der Waals surface area contributed by atoms with Gasteiger partial charge in [0.1, 0.15) is 0 Å². The molecule has 0 radical (unpaired) electrons. The van der Waals surface area contributed by atoms with Crippen LogP contribution in [0.3, 0.4) is 0 Å². The van der Waals surface area contributed by atoms with E-state index < -0.39 is 0 Å². The summed E-state index contributed by atoms with van der Waals surface area (Å²) in [5.74, 6) is -0.374. The maximum absolute atomic E-state index is 12.7. The maximum atomic E-state index is 12.7. The molecule has 128 valence electrons. The molecule has 0 bridgehead atoms. The number of hydrogen-bond acceptors (Lipinski definition) is 3. The summed E-state index contributed by atoms with van der Waals surface area (Å²) in [4.78, 5) is 25.1. The topological polar surface area (TPSA) is 58.2 Å². The molecule has 2 rings (SSSR count). The Morgan fingerprint density at radius 2 is 1.58 bits per heavy atom. The molecule has 1 atom stereocenters. The van der Waals surface area contributed by atoms with Crippen molar-refractivity contribution < 1.29 is 9.59 Å². The third-order valence-corrected chi connectivity index (χ3v) is 3.79. The van der Waals surface area contributed by atoms with E-state index in [4.69, 9.17) is 0 Å². The number of benzene rings is 2. The molecular formula is C19H23ClN2O2. The minimum Gasteiger partial charge on any atom is -0.350 e. The van der Waals surface area contributed by atoms with Gasteiger partial charge in [0.2, 0.25) is 0 Å². The highest BCUT2D eigenvalue weighted by Crippen LogP contribution is 2.15. The standard InChI is InChI=1S/C19H22N2O2.ClH/c1-13-8-10-15(11-9-13)18(22)16-6-4-5-7-17(16)19(23)21-12-14(2)20-3;/h4-11,14,20H,12H2,1-3H3,(H,21,23);1H. The smallest absolute Gasteiger partial charge is 0.252 e. The zero-order valence-corrected chi connectivity index (χ0v) is 14.9. The Morgan fingerprint density at radius 1 is 1.00 bits per heavy atom. The van der Waals surface area contributed by atoms with E-state index in [0.717, 1.165) is 5.56 Å². The second-order valence-electron chi connectivity index (χ2n) is 5.64. The Morgan fingerprint density at radius 3 is 2.17 bits per heavy atom. The van der Waals surface area contributed by atoms with Crippen molar-refractivity contribution >= 4 is 24.1 Å². The van der Waals surface area contributed by atoms with Crippen LogP contribution < -0.4 is 10.6 Å². The van der Waals surface area contributed by atoms with Gasteiger partial charge >= 0.3 is 0 Å². The number of carbonyl (C=O) groups is 2. The van der Waals surface area contributed by atoms with Crippen LogP contribution >= 0.6 is 12.4 Å². The van der Waals surface area contributed by atoms with E-state index in [1.165, 1.54) is 0 Å². The normalized spacial score (nSPS) is 11.3. The van der Waals surface area contributed by atoms with E-state index >= 15 is 0 Å². The van der Waals surface area contributed by atoms with Crippen molar-refractivity contribution in [3.05, 3.63) is 70.8 Å². The van der Waals surface area contributed by atoms with Crippen LogP contribution in [-0.4, -0.2) is 31.3 Å². The molecule has 1 amide bonds. The summed E-state index contributed by atoms with van der Waals surface area (Å²) < 4.78 is 0. The lowest BCUT2D eigenvalue weighted by Crippen LogP contribution is -2.37. The third-order valence-electron chi connectivity index (χ3n) is 3.79. The van der Waals surface area contributed by atoms with Gasteiger partial charge in [0.05, 0.1) is 5.56 Å². The van der Waals surface area contributed by atoms with Crippen LogP contribution in [0, 0.1) is 6.92 Å². The highest BCUT2D eigenvalue weighted by molar-refractivity contribution is 6.15. The summed E-state index contributed by atoms with van der Waals surface area (Å²) in [5, 5.41) is 5.91. The SMILES string of the molecule is CNC(C)CNC(=O)c1ccccc1C(=O)c1ccc(C)cc1.Cl. The number of carbonyl (C=O) groups excluding carboxylic acids is 2. The Kier molecular flexibility index (Phi) is 7.62. The van der Waals surface area contributed by atoms with Crippen molar-refractivity contribution in [2.45, 2.75) is 19.9 Å². The number of aryl methyl sites for hydroxylation is 1. The zero-order valence-electron chi connectivity index (χ0n) is 14.1. The molecule has 0 saturated carbocycles. The van der Waals surface area contributed by atoms with Gasteiger partial charge < -0.3 is 10.6 Å². The van der Waals surface area contributed by atoms with Crippen LogP contribution in [0.5, 0.6) is 0 Å². The Bertz CT molecular complexity index is 699. The Labute approximate surface area is 149 Å². The number of amides is 1. The van der Waals surface area contributed by atoms with Crippen molar-refractivity contribution in [3.63, 3.8) is 0 Å². The summed E-state index contributed by atoms with van der Waals surface area (Å²) in [5.41, 5.74) is 2.50. The van der Waals surface area contributed by atoms with Crippen LogP contribution in [-0.2, 0) is 0 Å². The number of rotatable bonds is 6. The third kappa shape index (κ3) is 4.91. The largest absolute Gasteiger partial charge is 0.350 e. The number of nitrogens with one attached hydrogen (secondary N) is 2. The van der Waals surface area contributed by atoms with E-state index in [9.17, 15) is 9.59 Å². The van der Waals surface area contributed by atoms with Gasteiger partial charge in [0.25, 0.3) is 5.91 Å². The quantitative estimate of drug-likeness (QED) is 0.790. The molecule has 0 aliphatic rings. The van der Waals surface area contributed by atoms with Gasteiger partial charge in [-0.15, -0.1) is 12.4 Å². The fourth-order valence-corrected chi connectivity index (χ4v) is 2.18. The van der Waals surface area contributed by atoms with Crippen LogP contribution in [0.15, 0.2) is 48.5 Å². The van der Waals surface area contributed by atoms with Crippen LogP contribution in [0.4, 0.5) is 0 Å². The van der Waals surface area contributed by atoms with Gasteiger partial charge in [0, 0.05) is 23.7 Å². The second kappa shape index (κ2) is 9.21. The van der Waals surface area contributed by atoms with Crippen LogP contribution in [0.1, 0.15) is 38.8 Å². The molecule has 5 heteroatoms. The summed E-state index contributed by atoms with van der Waals surface area (Å²) in [6.07, 6.45) is 0. The lowest BCUT2D eigenvalue weighted by atomic mass is 9.97. The highest BCUT2D eigenvalue weighted by Gasteiger charge is 2.18. The average Bonchev–Trinajstić information content (AvgIpc) is 2.59. The number of halogens is 1. The molecule has 24 heavy (non-hydrogen) atoms. The van der Waals surface area contributed by atoms with Crippen LogP contribution in [0.2, 0.25) is 0 Å². The van der Waals surface area contributed by atoms with Crippen molar-refractivity contribution in [2.75, 3.05) is 13.6 Å². The molecule has 2 aromatic rings. The predicted octanol–water partition coefficient (Wildman–Crippen LogP) is 2.99. The van der Waals surface area contributed by atoms with E-state index in [1.54, 1.807) is 36.4 Å². The zero-order chi connectivity index (χ0) is 16.8. The molecular weight excluding hydrogens is 324 g/mol. The fourth-order valence-electron chi connectivity index (χ4n) is 2.18. The molecule has 0 aliphatic carbocycles. The molecule has 0 fully saturated rings. The van der Waals surface area contributed by atoms with Gasteiger partial charge in [-0.3, -0.25) is 9.59 Å². The monoisotopic (exact) mass is 346 g/mol. The molecule has 0 aromatic heterocycles. The van der Waals surface area contributed by atoms with E-state index in [1.807, 2.05) is 33.0 Å². The minimum atomic E-state index is -0.233. The molecule has 4 nitrogen and oxygen atoms in total. The van der Waals surface area contributed by atoms with Crippen molar-refractivity contribution in [3.8, 4) is 0 Å². The summed E-state index contributed by atoms with van der Waals surface area (Å²) >= 11 is 0. The average molecular weight is 347 g/mol. The molecule has 0 saturated heterocycles. The first-order chi connectivity index (χ1) is 11.0. The first-order valence-electron chi connectivity index (χ1n) is 7.68.